The van der Waals surface area contributed by atoms with Gasteiger partial charge in [-0.15, -0.1) is 0 Å². The first-order valence-corrected chi connectivity index (χ1v) is 5.87. The maximum atomic E-state index is 13.1. The molecule has 1 aromatic carbocycles. The Hall–Kier alpha value is -2.27. The largest absolute Gasteiger partial charge is 0.459 e. The lowest BCUT2D eigenvalue weighted by Crippen LogP contribution is -2.14. The van der Waals surface area contributed by atoms with Crippen molar-refractivity contribution in [1.82, 2.24) is 9.97 Å². The number of nitrogens with two attached hydrogens (primary N) is 1. The number of hydrogen-bond donors (Lipinski definition) is 1. The number of halogens is 1. The summed E-state index contributed by atoms with van der Waals surface area (Å²) in [6.45, 7) is 1.84. The fourth-order valence-corrected chi connectivity index (χ4v) is 2.05. The monoisotopic (exact) mass is 257 g/mol. The molecule has 0 spiro atoms. The van der Waals surface area contributed by atoms with Crippen LogP contribution in [0, 0.1) is 12.7 Å². The fourth-order valence-electron chi connectivity index (χ4n) is 2.05. The first kappa shape index (κ1) is 11.8. The third kappa shape index (κ3) is 2.08. The Labute approximate surface area is 109 Å². The molecule has 0 aliphatic carbocycles. The van der Waals surface area contributed by atoms with Crippen LogP contribution in [-0.4, -0.2) is 9.97 Å². The van der Waals surface area contributed by atoms with Crippen molar-refractivity contribution < 1.29 is 8.81 Å². The van der Waals surface area contributed by atoms with Crippen molar-refractivity contribution in [1.29, 1.82) is 0 Å². The molecule has 0 radical (unpaired) electrons. The van der Waals surface area contributed by atoms with Gasteiger partial charge in [-0.3, -0.25) is 9.97 Å². The number of furan rings is 1. The summed E-state index contributed by atoms with van der Waals surface area (Å²) in [7, 11) is 0. The second-order valence-electron chi connectivity index (χ2n) is 4.34. The van der Waals surface area contributed by atoms with Crippen LogP contribution in [0.15, 0.2) is 41.1 Å². The van der Waals surface area contributed by atoms with Gasteiger partial charge in [-0.2, -0.15) is 0 Å². The van der Waals surface area contributed by atoms with Gasteiger partial charge in [0.05, 0.1) is 11.4 Å². The van der Waals surface area contributed by atoms with Gasteiger partial charge in [0.2, 0.25) is 0 Å². The summed E-state index contributed by atoms with van der Waals surface area (Å²) in [5, 5.41) is 0.687. The standard InChI is InChI=1S/C14H12FN3O/c1-8-14(18-5-4-17-8)13(16)12-7-9-6-10(15)2-3-11(9)19-12/h2-7,13H,16H2,1H3. The molecule has 0 saturated carbocycles. The molecule has 4 nitrogen and oxygen atoms in total. The van der Waals surface area contributed by atoms with E-state index in [9.17, 15) is 4.39 Å². The molecule has 1 unspecified atom stereocenters. The van der Waals surface area contributed by atoms with Crippen molar-refractivity contribution in [3.63, 3.8) is 0 Å². The number of rotatable bonds is 2. The van der Waals surface area contributed by atoms with Crippen LogP contribution >= 0.6 is 0 Å². The molecule has 2 N–H and O–H groups in total. The average molecular weight is 257 g/mol. The number of fused-ring (bicyclic) bond motifs is 1. The summed E-state index contributed by atoms with van der Waals surface area (Å²) < 4.78 is 18.8. The van der Waals surface area contributed by atoms with E-state index >= 15 is 0 Å². The predicted octanol–water partition coefficient (Wildman–Crippen LogP) is 2.72. The number of aryl methyl sites for hydroxylation is 1. The summed E-state index contributed by atoms with van der Waals surface area (Å²) in [4.78, 5) is 8.37. The van der Waals surface area contributed by atoms with Crippen LogP contribution in [0.1, 0.15) is 23.2 Å². The zero-order valence-electron chi connectivity index (χ0n) is 10.3. The Bertz CT molecular complexity index is 738. The fraction of sp³-hybridized carbons (Fsp3) is 0.143. The zero-order chi connectivity index (χ0) is 13.4. The first-order valence-electron chi connectivity index (χ1n) is 5.87. The van der Waals surface area contributed by atoms with E-state index in [0.29, 0.717) is 22.4 Å². The number of aromatic nitrogens is 2. The lowest BCUT2D eigenvalue weighted by atomic mass is 10.1. The molecular formula is C14H12FN3O. The SMILES string of the molecule is Cc1nccnc1C(N)c1cc2cc(F)ccc2o1. The van der Waals surface area contributed by atoms with Crippen LogP contribution in [0.5, 0.6) is 0 Å². The molecule has 0 aliphatic rings. The van der Waals surface area contributed by atoms with E-state index in [1.807, 2.05) is 6.92 Å². The summed E-state index contributed by atoms with van der Waals surface area (Å²) >= 11 is 0. The Morgan fingerprint density at radius 2 is 2.00 bits per heavy atom. The van der Waals surface area contributed by atoms with E-state index in [1.54, 1.807) is 24.5 Å². The number of benzene rings is 1. The second kappa shape index (κ2) is 4.44. The minimum Gasteiger partial charge on any atom is -0.459 e. The maximum absolute atomic E-state index is 13.1. The van der Waals surface area contributed by atoms with Crippen molar-refractivity contribution >= 4 is 11.0 Å². The number of hydrogen-bond acceptors (Lipinski definition) is 4. The van der Waals surface area contributed by atoms with Crippen molar-refractivity contribution in [3.8, 4) is 0 Å². The molecule has 96 valence electrons. The Balaban J connectivity index is 2.07. The van der Waals surface area contributed by atoms with Crippen LogP contribution < -0.4 is 5.73 Å². The molecule has 19 heavy (non-hydrogen) atoms. The predicted molar refractivity (Wildman–Crippen MR) is 69.0 cm³/mol. The highest BCUT2D eigenvalue weighted by Gasteiger charge is 2.18. The topological polar surface area (TPSA) is 64.9 Å². The van der Waals surface area contributed by atoms with E-state index < -0.39 is 6.04 Å². The van der Waals surface area contributed by atoms with Crippen molar-refractivity contribution in [2.75, 3.05) is 0 Å². The van der Waals surface area contributed by atoms with Gasteiger partial charge in [-0.05, 0) is 31.2 Å². The normalized spacial score (nSPS) is 12.8. The maximum Gasteiger partial charge on any atom is 0.134 e. The molecule has 0 fully saturated rings. The van der Waals surface area contributed by atoms with Crippen molar-refractivity contribution in [3.05, 3.63) is 59.6 Å². The third-order valence-corrected chi connectivity index (χ3v) is 3.02. The minimum absolute atomic E-state index is 0.302. The van der Waals surface area contributed by atoms with Gasteiger partial charge < -0.3 is 10.2 Å². The smallest absolute Gasteiger partial charge is 0.134 e. The molecule has 3 aromatic rings. The summed E-state index contributed by atoms with van der Waals surface area (Å²) in [6, 6.07) is 5.58. The van der Waals surface area contributed by atoms with Crippen LogP contribution in [0.4, 0.5) is 4.39 Å². The molecule has 5 heteroatoms. The first-order chi connectivity index (χ1) is 9.15. The molecule has 2 aromatic heterocycles. The van der Waals surface area contributed by atoms with Gasteiger partial charge in [0.15, 0.2) is 0 Å². The van der Waals surface area contributed by atoms with Crippen LogP contribution in [-0.2, 0) is 0 Å². The van der Waals surface area contributed by atoms with E-state index in [4.69, 9.17) is 10.2 Å². The van der Waals surface area contributed by atoms with Crippen LogP contribution in [0.2, 0.25) is 0 Å². The average Bonchev–Trinajstić information content (AvgIpc) is 2.81. The van der Waals surface area contributed by atoms with E-state index in [2.05, 4.69) is 9.97 Å². The summed E-state index contributed by atoms with van der Waals surface area (Å²) in [5.74, 6) is 0.244. The Morgan fingerprint density at radius 3 is 2.79 bits per heavy atom. The molecular weight excluding hydrogens is 245 g/mol. The van der Waals surface area contributed by atoms with E-state index in [-0.39, 0.29) is 5.82 Å². The molecule has 3 rings (SSSR count). The molecule has 2 heterocycles. The van der Waals surface area contributed by atoms with E-state index in [1.165, 1.54) is 12.1 Å². The third-order valence-electron chi connectivity index (χ3n) is 3.02. The van der Waals surface area contributed by atoms with Crippen LogP contribution in [0.25, 0.3) is 11.0 Å². The highest BCUT2D eigenvalue weighted by molar-refractivity contribution is 5.78. The van der Waals surface area contributed by atoms with Gasteiger partial charge in [0, 0.05) is 17.8 Å². The minimum atomic E-state index is -0.510. The molecule has 0 saturated heterocycles. The molecule has 1 atom stereocenters. The van der Waals surface area contributed by atoms with Gasteiger partial charge >= 0.3 is 0 Å². The van der Waals surface area contributed by atoms with Gasteiger partial charge in [0.1, 0.15) is 23.2 Å². The van der Waals surface area contributed by atoms with Gasteiger partial charge in [-0.25, -0.2) is 4.39 Å². The van der Waals surface area contributed by atoms with Gasteiger partial charge in [0.25, 0.3) is 0 Å². The summed E-state index contributed by atoms with van der Waals surface area (Å²) in [5.41, 5.74) is 8.14. The van der Waals surface area contributed by atoms with Crippen molar-refractivity contribution in [2.24, 2.45) is 5.73 Å². The molecule has 0 amide bonds. The second-order valence-corrected chi connectivity index (χ2v) is 4.34. The van der Waals surface area contributed by atoms with Gasteiger partial charge in [-0.1, -0.05) is 0 Å². The lowest BCUT2D eigenvalue weighted by molar-refractivity contribution is 0.518. The number of nitrogens with zero attached hydrogens (tertiary/aromatic N) is 2. The van der Waals surface area contributed by atoms with E-state index in [0.717, 1.165) is 5.69 Å². The Morgan fingerprint density at radius 1 is 1.21 bits per heavy atom. The molecule has 0 aliphatic heterocycles. The van der Waals surface area contributed by atoms with Crippen LogP contribution in [0.3, 0.4) is 0 Å². The molecule has 0 bridgehead atoms. The highest BCUT2D eigenvalue weighted by Crippen LogP contribution is 2.27. The lowest BCUT2D eigenvalue weighted by Gasteiger charge is -2.09. The zero-order valence-corrected chi connectivity index (χ0v) is 10.3. The quantitative estimate of drug-likeness (QED) is 0.766. The summed E-state index contributed by atoms with van der Waals surface area (Å²) in [6.07, 6.45) is 3.20. The highest BCUT2D eigenvalue weighted by atomic mass is 19.1. The Kier molecular flexibility index (Phi) is 2.76. The van der Waals surface area contributed by atoms with Crippen molar-refractivity contribution in [2.45, 2.75) is 13.0 Å².